The van der Waals surface area contributed by atoms with Crippen LogP contribution in [0.4, 0.5) is 0 Å². The molecule has 0 aliphatic carbocycles. The van der Waals surface area contributed by atoms with Crippen LogP contribution in [-0.2, 0) is 4.74 Å². The smallest absolute Gasteiger partial charge is 0.0666 e. The molecule has 3 atom stereocenters. The van der Waals surface area contributed by atoms with Crippen LogP contribution in [0, 0.1) is 0 Å². The molecular formula is C16H25NOS. The molecule has 0 saturated carbocycles. The van der Waals surface area contributed by atoms with Gasteiger partial charge in [0.2, 0.25) is 0 Å². The van der Waals surface area contributed by atoms with E-state index in [0.29, 0.717) is 17.4 Å². The van der Waals surface area contributed by atoms with E-state index in [1.54, 1.807) is 0 Å². The molecule has 1 aliphatic rings. The molecule has 1 aromatic carbocycles. The lowest BCUT2D eigenvalue weighted by molar-refractivity contribution is 0.127. The normalized spacial score (nSPS) is 24.5. The van der Waals surface area contributed by atoms with Crippen LogP contribution in [0.3, 0.4) is 0 Å². The molecule has 1 N–H and O–H groups in total. The summed E-state index contributed by atoms with van der Waals surface area (Å²) in [5, 5.41) is 4.32. The van der Waals surface area contributed by atoms with Crippen LogP contribution in [0.5, 0.6) is 0 Å². The van der Waals surface area contributed by atoms with Crippen molar-refractivity contribution in [1.29, 1.82) is 0 Å². The molecule has 3 unspecified atom stereocenters. The predicted octanol–water partition coefficient (Wildman–Crippen LogP) is 3.64. The molecular weight excluding hydrogens is 254 g/mol. The lowest BCUT2D eigenvalue weighted by Crippen LogP contribution is -2.26. The Kier molecular flexibility index (Phi) is 6.21. The number of rotatable bonds is 7. The second-order valence-electron chi connectivity index (χ2n) is 5.15. The zero-order chi connectivity index (χ0) is 13.5. The summed E-state index contributed by atoms with van der Waals surface area (Å²) in [5.41, 5.74) is 1.40. The molecule has 2 nitrogen and oxygen atoms in total. The Bertz CT molecular complexity index is 357. The van der Waals surface area contributed by atoms with Gasteiger partial charge in [-0.3, -0.25) is 0 Å². The third kappa shape index (κ3) is 4.51. The van der Waals surface area contributed by atoms with E-state index in [0.717, 1.165) is 18.9 Å². The Morgan fingerprint density at radius 2 is 2.16 bits per heavy atom. The maximum Gasteiger partial charge on any atom is 0.0666 e. The molecule has 1 saturated heterocycles. The fourth-order valence-electron chi connectivity index (χ4n) is 2.43. The number of hydrogen-bond acceptors (Lipinski definition) is 3. The molecule has 1 aromatic rings. The fraction of sp³-hybridized carbons (Fsp3) is 0.625. The average molecular weight is 279 g/mol. The van der Waals surface area contributed by atoms with Gasteiger partial charge in [-0.15, -0.1) is 0 Å². The van der Waals surface area contributed by atoms with Gasteiger partial charge in [-0.1, -0.05) is 37.3 Å². The summed E-state index contributed by atoms with van der Waals surface area (Å²) in [6.45, 7) is 6.42. The number of nitrogens with one attached hydrogen (secondary N) is 1. The van der Waals surface area contributed by atoms with Crippen molar-refractivity contribution in [3.63, 3.8) is 0 Å². The lowest BCUT2D eigenvalue weighted by Gasteiger charge is -2.21. The quantitative estimate of drug-likeness (QED) is 0.823. The van der Waals surface area contributed by atoms with Crippen LogP contribution in [0.15, 0.2) is 30.3 Å². The first-order valence-corrected chi connectivity index (χ1v) is 8.37. The second kappa shape index (κ2) is 7.93. The molecule has 1 heterocycles. The minimum atomic E-state index is 0.410. The molecule has 0 spiro atoms. The van der Waals surface area contributed by atoms with Crippen molar-refractivity contribution < 1.29 is 4.74 Å². The van der Waals surface area contributed by atoms with Crippen molar-refractivity contribution >= 4 is 11.8 Å². The summed E-state index contributed by atoms with van der Waals surface area (Å²) in [7, 11) is 0. The minimum absolute atomic E-state index is 0.410. The molecule has 0 aromatic heterocycles. The van der Waals surface area contributed by atoms with Crippen LogP contribution < -0.4 is 5.32 Å². The van der Waals surface area contributed by atoms with Gasteiger partial charge >= 0.3 is 0 Å². The summed E-state index contributed by atoms with van der Waals surface area (Å²) >= 11 is 2.06. The number of benzene rings is 1. The largest absolute Gasteiger partial charge is 0.377 e. The molecule has 1 aliphatic heterocycles. The Morgan fingerprint density at radius 1 is 1.37 bits per heavy atom. The fourth-order valence-corrected chi connectivity index (χ4v) is 3.79. The summed E-state index contributed by atoms with van der Waals surface area (Å²) in [6.07, 6.45) is 2.78. The molecule has 0 amide bonds. The molecule has 3 heteroatoms. The van der Waals surface area contributed by atoms with Crippen LogP contribution in [0.25, 0.3) is 0 Å². The maximum absolute atomic E-state index is 5.64. The van der Waals surface area contributed by atoms with Gasteiger partial charge in [0.15, 0.2) is 0 Å². The highest BCUT2D eigenvalue weighted by Crippen LogP contribution is 2.29. The topological polar surface area (TPSA) is 21.3 Å². The zero-order valence-corrected chi connectivity index (χ0v) is 12.8. The van der Waals surface area contributed by atoms with E-state index in [1.807, 2.05) is 0 Å². The Hall–Kier alpha value is -0.510. The standard InChI is InChI=1S/C16H25NOS/c1-3-10-17-15(14-7-5-4-6-8-14)12-19-16-9-11-18-13(16)2/h4-8,13,15-17H,3,9-12H2,1-2H3. The Balaban J connectivity index is 1.90. The van der Waals surface area contributed by atoms with Gasteiger partial charge in [0.05, 0.1) is 6.10 Å². The highest BCUT2D eigenvalue weighted by Gasteiger charge is 2.25. The van der Waals surface area contributed by atoms with Gasteiger partial charge in [-0.05, 0) is 31.9 Å². The van der Waals surface area contributed by atoms with Gasteiger partial charge < -0.3 is 10.1 Å². The van der Waals surface area contributed by atoms with Gasteiger partial charge in [-0.25, -0.2) is 0 Å². The summed E-state index contributed by atoms with van der Waals surface area (Å²) in [4.78, 5) is 0. The van der Waals surface area contributed by atoms with Gasteiger partial charge in [0.25, 0.3) is 0 Å². The highest BCUT2D eigenvalue weighted by molar-refractivity contribution is 8.00. The molecule has 0 radical (unpaired) electrons. The second-order valence-corrected chi connectivity index (χ2v) is 6.43. The van der Waals surface area contributed by atoms with E-state index in [4.69, 9.17) is 4.74 Å². The average Bonchev–Trinajstić information content (AvgIpc) is 2.85. The van der Waals surface area contributed by atoms with E-state index < -0.39 is 0 Å². The first-order chi connectivity index (χ1) is 9.31. The SMILES string of the molecule is CCCNC(CSC1CCOC1C)c1ccccc1. The number of thioether (sulfide) groups is 1. The maximum atomic E-state index is 5.64. The molecule has 2 rings (SSSR count). The van der Waals surface area contributed by atoms with Crippen LogP contribution >= 0.6 is 11.8 Å². The van der Waals surface area contributed by atoms with E-state index >= 15 is 0 Å². The van der Waals surface area contributed by atoms with Crippen LogP contribution in [0.1, 0.15) is 38.3 Å². The predicted molar refractivity (Wildman–Crippen MR) is 83.8 cm³/mol. The minimum Gasteiger partial charge on any atom is -0.377 e. The number of ether oxygens (including phenoxy) is 1. The highest BCUT2D eigenvalue weighted by atomic mass is 32.2. The van der Waals surface area contributed by atoms with Crippen LogP contribution in [0.2, 0.25) is 0 Å². The summed E-state index contributed by atoms with van der Waals surface area (Å²) in [5.74, 6) is 1.13. The van der Waals surface area contributed by atoms with Crippen LogP contribution in [-0.4, -0.2) is 30.3 Å². The monoisotopic (exact) mass is 279 g/mol. The lowest BCUT2D eigenvalue weighted by atomic mass is 10.1. The summed E-state index contributed by atoms with van der Waals surface area (Å²) in [6, 6.07) is 11.2. The third-order valence-corrected chi connectivity index (χ3v) is 5.20. The van der Waals surface area contributed by atoms with Crippen molar-refractivity contribution in [2.45, 2.75) is 44.1 Å². The van der Waals surface area contributed by atoms with Crippen molar-refractivity contribution in [2.75, 3.05) is 18.9 Å². The van der Waals surface area contributed by atoms with Gasteiger partial charge in [0.1, 0.15) is 0 Å². The Labute approximate surface area is 121 Å². The van der Waals surface area contributed by atoms with E-state index in [-0.39, 0.29) is 0 Å². The van der Waals surface area contributed by atoms with Gasteiger partial charge in [0, 0.05) is 23.7 Å². The van der Waals surface area contributed by atoms with Crippen molar-refractivity contribution in [1.82, 2.24) is 5.32 Å². The molecule has 106 valence electrons. The summed E-state index contributed by atoms with van der Waals surface area (Å²) < 4.78 is 5.64. The van der Waals surface area contributed by atoms with Crippen molar-refractivity contribution in [2.24, 2.45) is 0 Å². The first kappa shape index (κ1) is 14.9. The number of hydrogen-bond donors (Lipinski definition) is 1. The Morgan fingerprint density at radius 3 is 2.79 bits per heavy atom. The van der Waals surface area contributed by atoms with E-state index in [1.165, 1.54) is 18.4 Å². The van der Waals surface area contributed by atoms with E-state index in [9.17, 15) is 0 Å². The first-order valence-electron chi connectivity index (χ1n) is 7.32. The zero-order valence-electron chi connectivity index (χ0n) is 12.0. The van der Waals surface area contributed by atoms with E-state index in [2.05, 4.69) is 61.3 Å². The van der Waals surface area contributed by atoms with Crippen molar-refractivity contribution in [3.8, 4) is 0 Å². The van der Waals surface area contributed by atoms with Gasteiger partial charge in [-0.2, -0.15) is 11.8 Å². The molecule has 0 bridgehead atoms. The third-order valence-electron chi connectivity index (χ3n) is 3.63. The molecule has 1 fully saturated rings. The molecule has 19 heavy (non-hydrogen) atoms. The van der Waals surface area contributed by atoms with Crippen molar-refractivity contribution in [3.05, 3.63) is 35.9 Å².